The number of aryl methyl sites for hydroxylation is 1. The lowest BCUT2D eigenvalue weighted by Gasteiger charge is -2.09. The Kier molecular flexibility index (Phi) is 4.08. The van der Waals surface area contributed by atoms with Crippen molar-refractivity contribution in [3.05, 3.63) is 34.4 Å². The molecule has 1 N–H and O–H groups in total. The minimum Gasteiger partial charge on any atom is -0.311 e. The highest BCUT2D eigenvalue weighted by atomic mass is 79.9. The van der Waals surface area contributed by atoms with Crippen molar-refractivity contribution in [1.29, 1.82) is 0 Å². The third-order valence-corrected chi connectivity index (χ3v) is 3.27. The van der Waals surface area contributed by atoms with E-state index in [2.05, 4.69) is 26.3 Å². The number of aromatic nitrogens is 2. The summed E-state index contributed by atoms with van der Waals surface area (Å²) in [6.45, 7) is 1.23. The topological polar surface area (TPSA) is 46.9 Å². The molecule has 4 nitrogen and oxygen atoms in total. The molecular formula is C13H11BrF3N3O. The molecule has 0 atom stereocenters. The first-order valence-corrected chi connectivity index (χ1v) is 6.67. The summed E-state index contributed by atoms with van der Waals surface area (Å²) < 4.78 is 41.2. The van der Waals surface area contributed by atoms with E-state index in [-0.39, 0.29) is 11.4 Å². The van der Waals surface area contributed by atoms with E-state index in [0.29, 0.717) is 5.56 Å². The van der Waals surface area contributed by atoms with Crippen molar-refractivity contribution < 1.29 is 18.0 Å². The van der Waals surface area contributed by atoms with Crippen molar-refractivity contribution >= 4 is 27.7 Å². The summed E-state index contributed by atoms with van der Waals surface area (Å²) in [7, 11) is 1.35. The van der Waals surface area contributed by atoms with E-state index >= 15 is 0 Å². The Hall–Kier alpha value is -1.83. The largest absolute Gasteiger partial charge is 0.435 e. The molecule has 0 aliphatic heterocycles. The lowest BCUT2D eigenvalue weighted by Crippen LogP contribution is -2.10. The summed E-state index contributed by atoms with van der Waals surface area (Å²) in [6.07, 6.45) is -4.61. The molecule has 0 fully saturated rings. The average molecular weight is 362 g/mol. The number of nitrogens with zero attached hydrogens (tertiary/aromatic N) is 2. The number of hydrogen-bond acceptors (Lipinski definition) is 2. The third-order valence-electron chi connectivity index (χ3n) is 2.74. The van der Waals surface area contributed by atoms with Crippen LogP contribution in [0.5, 0.6) is 0 Å². The second kappa shape index (κ2) is 5.51. The van der Waals surface area contributed by atoms with Gasteiger partial charge in [-0.25, -0.2) is 0 Å². The maximum Gasteiger partial charge on any atom is 0.435 e. The highest BCUT2D eigenvalue weighted by molar-refractivity contribution is 9.10. The van der Waals surface area contributed by atoms with Crippen molar-refractivity contribution in [1.82, 2.24) is 9.78 Å². The van der Waals surface area contributed by atoms with Crippen LogP contribution in [0.1, 0.15) is 12.6 Å². The molecule has 0 bridgehead atoms. The Morgan fingerprint density at radius 2 is 1.86 bits per heavy atom. The molecule has 2 rings (SSSR count). The van der Waals surface area contributed by atoms with Crippen LogP contribution in [-0.4, -0.2) is 15.7 Å². The molecule has 0 spiro atoms. The molecule has 0 aliphatic rings. The van der Waals surface area contributed by atoms with Crippen LogP contribution in [0.15, 0.2) is 28.7 Å². The first kappa shape index (κ1) is 15.6. The maximum atomic E-state index is 13.1. The maximum absolute atomic E-state index is 13.1. The SMILES string of the molecule is CC(=O)Nc1c(-c2ccc(Br)cc2)c(C(F)(F)F)nn1C. The Morgan fingerprint density at radius 1 is 1.29 bits per heavy atom. The second-order valence-corrected chi connectivity index (χ2v) is 5.30. The first-order valence-electron chi connectivity index (χ1n) is 5.88. The zero-order valence-electron chi connectivity index (χ0n) is 11.1. The van der Waals surface area contributed by atoms with Crippen LogP contribution in [0.25, 0.3) is 11.1 Å². The number of carbonyl (C=O) groups is 1. The highest BCUT2D eigenvalue weighted by Crippen LogP contribution is 2.40. The lowest BCUT2D eigenvalue weighted by atomic mass is 10.1. The van der Waals surface area contributed by atoms with Gasteiger partial charge in [-0.1, -0.05) is 28.1 Å². The van der Waals surface area contributed by atoms with Crippen LogP contribution in [0.2, 0.25) is 0 Å². The summed E-state index contributed by atoms with van der Waals surface area (Å²) in [4.78, 5) is 11.2. The van der Waals surface area contributed by atoms with Crippen LogP contribution >= 0.6 is 15.9 Å². The number of amides is 1. The summed E-state index contributed by atoms with van der Waals surface area (Å²) in [6, 6.07) is 6.31. The predicted molar refractivity (Wildman–Crippen MR) is 75.6 cm³/mol. The number of hydrogen-bond donors (Lipinski definition) is 1. The van der Waals surface area contributed by atoms with Gasteiger partial charge < -0.3 is 5.32 Å². The molecule has 8 heteroatoms. The van der Waals surface area contributed by atoms with Gasteiger partial charge in [0.05, 0.1) is 5.56 Å². The summed E-state index contributed by atoms with van der Waals surface area (Å²) in [5.74, 6) is -0.456. The van der Waals surface area contributed by atoms with Crippen LogP contribution in [0.3, 0.4) is 0 Å². The van der Waals surface area contributed by atoms with Gasteiger partial charge in [-0.05, 0) is 17.7 Å². The molecule has 1 amide bonds. The quantitative estimate of drug-likeness (QED) is 0.883. The fourth-order valence-electron chi connectivity index (χ4n) is 1.92. The molecule has 0 saturated carbocycles. The van der Waals surface area contributed by atoms with Gasteiger partial charge in [0.15, 0.2) is 5.69 Å². The molecule has 112 valence electrons. The molecule has 0 radical (unpaired) electrons. The molecule has 0 aliphatic carbocycles. The standard InChI is InChI=1S/C13H11BrF3N3O/c1-7(21)18-12-10(8-3-5-9(14)6-4-8)11(13(15,16)17)19-20(12)2/h3-6H,1-2H3,(H,18,21). The van der Waals surface area contributed by atoms with Crippen molar-refractivity contribution in [3.63, 3.8) is 0 Å². The number of alkyl halides is 3. The predicted octanol–water partition coefficient (Wildman–Crippen LogP) is 3.83. The van der Waals surface area contributed by atoms with Crippen LogP contribution in [0.4, 0.5) is 19.0 Å². The van der Waals surface area contributed by atoms with Gasteiger partial charge in [0.25, 0.3) is 0 Å². The van der Waals surface area contributed by atoms with Gasteiger partial charge in [0, 0.05) is 18.4 Å². The minimum absolute atomic E-state index is 0.0112. The zero-order chi connectivity index (χ0) is 15.8. The molecule has 1 heterocycles. The van der Waals surface area contributed by atoms with E-state index < -0.39 is 17.8 Å². The number of anilines is 1. The van der Waals surface area contributed by atoms with Gasteiger partial charge >= 0.3 is 6.18 Å². The smallest absolute Gasteiger partial charge is 0.311 e. The van der Waals surface area contributed by atoms with Crippen LogP contribution < -0.4 is 5.32 Å². The summed E-state index contributed by atoms with van der Waals surface area (Å²) >= 11 is 3.23. The number of halogens is 4. The molecular weight excluding hydrogens is 351 g/mol. The van der Waals surface area contributed by atoms with E-state index in [0.717, 1.165) is 9.15 Å². The summed E-state index contributed by atoms with van der Waals surface area (Å²) in [5, 5.41) is 5.90. The third kappa shape index (κ3) is 3.26. The lowest BCUT2D eigenvalue weighted by molar-refractivity contribution is -0.141. The fourth-order valence-corrected chi connectivity index (χ4v) is 2.19. The highest BCUT2D eigenvalue weighted by Gasteiger charge is 2.39. The van der Waals surface area contributed by atoms with E-state index in [1.807, 2.05) is 0 Å². The average Bonchev–Trinajstić information content (AvgIpc) is 2.67. The summed E-state index contributed by atoms with van der Waals surface area (Å²) in [5.41, 5.74) is -0.855. The minimum atomic E-state index is -4.61. The van der Waals surface area contributed by atoms with Gasteiger partial charge in [0.1, 0.15) is 5.82 Å². The number of carbonyl (C=O) groups excluding carboxylic acids is 1. The molecule has 1 aromatic carbocycles. The van der Waals surface area contributed by atoms with Crippen molar-refractivity contribution in [2.45, 2.75) is 13.1 Å². The van der Waals surface area contributed by atoms with E-state index in [1.165, 1.54) is 26.1 Å². The normalized spacial score (nSPS) is 11.5. The zero-order valence-corrected chi connectivity index (χ0v) is 12.7. The van der Waals surface area contributed by atoms with Crippen LogP contribution in [-0.2, 0) is 18.0 Å². The molecule has 0 saturated heterocycles. The number of benzene rings is 1. The molecule has 21 heavy (non-hydrogen) atoms. The van der Waals surface area contributed by atoms with Gasteiger partial charge in [-0.3, -0.25) is 9.48 Å². The Morgan fingerprint density at radius 3 is 2.33 bits per heavy atom. The molecule has 0 unspecified atom stereocenters. The molecule has 1 aromatic heterocycles. The van der Waals surface area contributed by atoms with E-state index in [9.17, 15) is 18.0 Å². The number of rotatable bonds is 2. The Balaban J connectivity index is 2.69. The molecule has 2 aromatic rings. The monoisotopic (exact) mass is 361 g/mol. The van der Waals surface area contributed by atoms with Crippen LogP contribution in [0, 0.1) is 0 Å². The van der Waals surface area contributed by atoms with Gasteiger partial charge in [-0.15, -0.1) is 0 Å². The van der Waals surface area contributed by atoms with Crippen molar-refractivity contribution in [2.75, 3.05) is 5.32 Å². The fraction of sp³-hybridized carbons (Fsp3) is 0.231. The van der Waals surface area contributed by atoms with Gasteiger partial charge in [0.2, 0.25) is 5.91 Å². The Bertz CT molecular complexity index is 677. The van der Waals surface area contributed by atoms with Gasteiger partial charge in [-0.2, -0.15) is 18.3 Å². The van der Waals surface area contributed by atoms with Crippen molar-refractivity contribution in [3.8, 4) is 11.1 Å². The van der Waals surface area contributed by atoms with Crippen molar-refractivity contribution in [2.24, 2.45) is 7.05 Å². The first-order chi connectivity index (χ1) is 9.70. The number of nitrogens with one attached hydrogen (secondary N) is 1. The van der Waals surface area contributed by atoms with E-state index in [4.69, 9.17) is 0 Å². The Labute approximate surface area is 127 Å². The van der Waals surface area contributed by atoms with E-state index in [1.54, 1.807) is 12.1 Å². The second-order valence-electron chi connectivity index (χ2n) is 4.38.